The second-order valence-corrected chi connectivity index (χ2v) is 9.32. The van der Waals surface area contributed by atoms with Gasteiger partial charge < -0.3 is 24.2 Å². The number of nitrogens with zero attached hydrogens (tertiary/aromatic N) is 2. The van der Waals surface area contributed by atoms with E-state index in [1.807, 2.05) is 42.5 Å². The largest absolute Gasteiger partial charge is 0.454 e. The van der Waals surface area contributed by atoms with Crippen LogP contribution in [-0.2, 0) is 16.1 Å². The Morgan fingerprint density at radius 2 is 1.97 bits per heavy atom. The Morgan fingerprint density at radius 1 is 1.15 bits per heavy atom. The van der Waals surface area contributed by atoms with Crippen molar-refractivity contribution in [2.45, 2.75) is 39.0 Å². The number of aliphatic hydroxyl groups excluding tert-OH is 1. The molecule has 8 heteroatoms. The number of fused-ring (bicyclic) bond motifs is 1. The van der Waals surface area contributed by atoms with Crippen molar-refractivity contribution in [3.8, 4) is 11.5 Å². The number of aliphatic hydroxyl groups is 1. The molecule has 0 saturated heterocycles. The molecule has 2 aromatic rings. The van der Waals surface area contributed by atoms with E-state index >= 15 is 0 Å². The second-order valence-electron chi connectivity index (χ2n) is 8.91. The standard InChI is InChI=1S/C25H31ClN2O5/c1-17(2)14-30-15-20(29)12-28(11-19-5-3-4-6-22(19)26)13-21-10-23(27-33-21)18-7-8-24-25(9-18)32-16-31-24/h3-9,17,20-21,29H,10-16H2,1-2H3. The summed E-state index contributed by atoms with van der Waals surface area (Å²) in [4.78, 5) is 7.91. The lowest BCUT2D eigenvalue weighted by atomic mass is 10.0. The minimum absolute atomic E-state index is 0.128. The quantitative estimate of drug-likeness (QED) is 0.528. The lowest BCUT2D eigenvalue weighted by Gasteiger charge is -2.27. The Bertz CT molecular complexity index is 968. The Kier molecular flexibility index (Phi) is 8.09. The maximum atomic E-state index is 10.6. The summed E-state index contributed by atoms with van der Waals surface area (Å²) in [6.07, 6.45) is -0.0721. The maximum absolute atomic E-state index is 10.6. The van der Waals surface area contributed by atoms with E-state index in [2.05, 4.69) is 23.9 Å². The third-order valence-corrected chi connectivity index (χ3v) is 5.85. The normalized spacial score (nSPS) is 18.0. The molecule has 33 heavy (non-hydrogen) atoms. The molecule has 1 N–H and O–H groups in total. The lowest BCUT2D eigenvalue weighted by Crippen LogP contribution is -2.39. The SMILES string of the molecule is CC(C)COCC(O)CN(Cc1ccccc1Cl)CC1CC(c2ccc3c(c2)OCO3)=NO1. The predicted molar refractivity (Wildman–Crippen MR) is 127 cm³/mol. The zero-order valence-electron chi connectivity index (χ0n) is 19.1. The number of hydrogen-bond donors (Lipinski definition) is 1. The van der Waals surface area contributed by atoms with Gasteiger partial charge in [-0.2, -0.15) is 0 Å². The van der Waals surface area contributed by atoms with Crippen LogP contribution in [0.15, 0.2) is 47.6 Å². The first-order chi connectivity index (χ1) is 16.0. The van der Waals surface area contributed by atoms with E-state index in [1.54, 1.807) is 0 Å². The molecule has 2 unspecified atom stereocenters. The molecule has 0 spiro atoms. The first kappa shape index (κ1) is 23.8. The molecule has 2 atom stereocenters. The number of hydrogen-bond acceptors (Lipinski definition) is 7. The van der Waals surface area contributed by atoms with Crippen LogP contribution in [0, 0.1) is 5.92 Å². The summed E-state index contributed by atoms with van der Waals surface area (Å²) in [5.74, 6) is 1.90. The molecular weight excluding hydrogens is 444 g/mol. The van der Waals surface area contributed by atoms with Crippen LogP contribution >= 0.6 is 11.6 Å². The fourth-order valence-electron chi connectivity index (χ4n) is 3.92. The summed E-state index contributed by atoms with van der Waals surface area (Å²) in [7, 11) is 0. The molecule has 0 bridgehead atoms. The molecule has 0 fully saturated rings. The Labute approximate surface area is 199 Å². The average Bonchev–Trinajstić information content (AvgIpc) is 3.44. The van der Waals surface area contributed by atoms with Crippen molar-refractivity contribution in [2.24, 2.45) is 11.1 Å². The third-order valence-electron chi connectivity index (χ3n) is 5.48. The van der Waals surface area contributed by atoms with Crippen LogP contribution < -0.4 is 9.47 Å². The van der Waals surface area contributed by atoms with Gasteiger partial charge in [0.1, 0.15) is 6.10 Å². The smallest absolute Gasteiger partial charge is 0.231 e. The summed E-state index contributed by atoms with van der Waals surface area (Å²) >= 11 is 6.40. The van der Waals surface area contributed by atoms with Gasteiger partial charge in [-0.1, -0.05) is 48.8 Å². The molecule has 7 nitrogen and oxygen atoms in total. The summed E-state index contributed by atoms with van der Waals surface area (Å²) < 4.78 is 16.5. The van der Waals surface area contributed by atoms with Crippen molar-refractivity contribution in [2.75, 3.05) is 33.1 Å². The topological polar surface area (TPSA) is 72.8 Å². The summed E-state index contributed by atoms with van der Waals surface area (Å²) in [6.45, 7) is 6.98. The Hall–Kier alpha value is -2.32. The van der Waals surface area contributed by atoms with E-state index in [9.17, 15) is 5.11 Å². The zero-order chi connectivity index (χ0) is 23.2. The van der Waals surface area contributed by atoms with Crippen molar-refractivity contribution in [1.29, 1.82) is 0 Å². The number of ether oxygens (including phenoxy) is 3. The van der Waals surface area contributed by atoms with E-state index in [0.29, 0.717) is 50.2 Å². The van der Waals surface area contributed by atoms with Gasteiger partial charge in [0, 0.05) is 43.2 Å². The van der Waals surface area contributed by atoms with Gasteiger partial charge in [-0.15, -0.1) is 0 Å². The first-order valence-corrected chi connectivity index (χ1v) is 11.7. The van der Waals surface area contributed by atoms with Crippen LogP contribution in [0.1, 0.15) is 31.4 Å². The number of rotatable bonds is 11. The fourth-order valence-corrected chi connectivity index (χ4v) is 4.12. The lowest BCUT2D eigenvalue weighted by molar-refractivity contribution is -0.00734. The van der Waals surface area contributed by atoms with Gasteiger partial charge in [0.2, 0.25) is 6.79 Å². The van der Waals surface area contributed by atoms with Crippen LogP contribution in [0.25, 0.3) is 0 Å². The highest BCUT2D eigenvalue weighted by molar-refractivity contribution is 6.31. The zero-order valence-corrected chi connectivity index (χ0v) is 19.8. The average molecular weight is 475 g/mol. The third kappa shape index (κ3) is 6.60. The molecule has 4 rings (SSSR count). The van der Waals surface area contributed by atoms with Gasteiger partial charge >= 0.3 is 0 Å². The first-order valence-electron chi connectivity index (χ1n) is 11.3. The molecular formula is C25H31ClN2O5. The van der Waals surface area contributed by atoms with Crippen LogP contribution in [-0.4, -0.2) is 61.0 Å². The maximum Gasteiger partial charge on any atom is 0.231 e. The van der Waals surface area contributed by atoms with E-state index in [0.717, 1.165) is 28.3 Å². The van der Waals surface area contributed by atoms with Crippen molar-refractivity contribution in [3.63, 3.8) is 0 Å². The molecule has 2 aliphatic heterocycles. The van der Waals surface area contributed by atoms with Crippen LogP contribution in [0.5, 0.6) is 11.5 Å². The van der Waals surface area contributed by atoms with Gasteiger partial charge in [0.25, 0.3) is 0 Å². The van der Waals surface area contributed by atoms with E-state index in [4.69, 9.17) is 30.6 Å². The van der Waals surface area contributed by atoms with Gasteiger partial charge in [0.15, 0.2) is 11.5 Å². The molecule has 0 saturated carbocycles. The van der Waals surface area contributed by atoms with Crippen molar-refractivity contribution in [1.82, 2.24) is 4.90 Å². The van der Waals surface area contributed by atoms with Crippen molar-refractivity contribution < 1.29 is 24.2 Å². The van der Waals surface area contributed by atoms with Crippen molar-refractivity contribution in [3.05, 3.63) is 58.6 Å². The number of benzene rings is 2. The minimum Gasteiger partial charge on any atom is -0.454 e. The minimum atomic E-state index is -0.609. The fraction of sp³-hybridized carbons (Fsp3) is 0.480. The summed E-state index contributed by atoms with van der Waals surface area (Å²) in [5, 5.41) is 15.6. The molecule has 2 aliphatic rings. The number of oxime groups is 1. The van der Waals surface area contributed by atoms with Crippen molar-refractivity contribution >= 4 is 17.3 Å². The molecule has 178 valence electrons. The Morgan fingerprint density at radius 3 is 2.79 bits per heavy atom. The van der Waals surface area contributed by atoms with Gasteiger partial charge in [0.05, 0.1) is 18.4 Å². The van der Waals surface area contributed by atoms with Gasteiger partial charge in [-0.3, -0.25) is 4.90 Å². The second kappa shape index (κ2) is 11.2. The van der Waals surface area contributed by atoms with E-state index < -0.39 is 6.10 Å². The van der Waals surface area contributed by atoms with E-state index in [1.165, 1.54) is 0 Å². The molecule has 0 aliphatic carbocycles. The van der Waals surface area contributed by atoms with E-state index in [-0.39, 0.29) is 12.9 Å². The molecule has 2 heterocycles. The van der Waals surface area contributed by atoms with Crippen LogP contribution in [0.3, 0.4) is 0 Å². The summed E-state index contributed by atoms with van der Waals surface area (Å²) in [6, 6.07) is 13.6. The van der Waals surface area contributed by atoms with Gasteiger partial charge in [-0.25, -0.2) is 0 Å². The van der Waals surface area contributed by atoms with Gasteiger partial charge in [-0.05, 0) is 35.7 Å². The summed E-state index contributed by atoms with van der Waals surface area (Å²) in [5.41, 5.74) is 2.84. The van der Waals surface area contributed by atoms with Crippen LogP contribution in [0.4, 0.5) is 0 Å². The van der Waals surface area contributed by atoms with Crippen LogP contribution in [0.2, 0.25) is 5.02 Å². The molecule has 2 aromatic carbocycles. The Balaban J connectivity index is 1.37. The molecule has 0 amide bonds. The highest BCUT2D eigenvalue weighted by Gasteiger charge is 2.27. The monoisotopic (exact) mass is 474 g/mol. The predicted octanol–water partition coefficient (Wildman–Crippen LogP) is 4.10. The highest BCUT2D eigenvalue weighted by atomic mass is 35.5. The highest BCUT2D eigenvalue weighted by Crippen LogP contribution is 2.33. The molecule has 0 radical (unpaired) electrons. The molecule has 0 aromatic heterocycles. The number of halogens is 1.